The van der Waals surface area contributed by atoms with Gasteiger partial charge < -0.3 is 4.42 Å². The third-order valence-corrected chi connectivity index (χ3v) is 0.707. The summed E-state index contributed by atoms with van der Waals surface area (Å²) in [4.78, 5) is 0. The van der Waals surface area contributed by atoms with Crippen LogP contribution in [0.5, 0.6) is 0 Å². The molecule has 0 unspecified atom stereocenters. The van der Waals surface area contributed by atoms with Gasteiger partial charge >= 0.3 is 6.43 Å². The van der Waals surface area contributed by atoms with E-state index >= 15 is 0 Å². The molecule has 3 heteroatoms. The topological polar surface area (TPSA) is 13.1 Å². The van der Waals surface area contributed by atoms with E-state index in [4.69, 9.17) is 0 Å². The van der Waals surface area contributed by atoms with Gasteiger partial charge in [-0.3, -0.25) is 0 Å². The highest BCUT2D eigenvalue weighted by atomic mass is 19.3. The van der Waals surface area contributed by atoms with Crippen LogP contribution in [-0.2, 0) is 0 Å². The van der Waals surface area contributed by atoms with Gasteiger partial charge in [0.05, 0.1) is 6.26 Å². The third kappa shape index (κ3) is 0.857. The van der Waals surface area contributed by atoms with Gasteiger partial charge in [-0.15, -0.1) is 0 Å². The molecule has 0 spiro atoms. The Balaban J connectivity index is 2.77. The lowest BCUT2D eigenvalue weighted by Crippen LogP contribution is -1.75. The maximum Gasteiger partial charge on any atom is 0.374 e. The van der Waals surface area contributed by atoms with Gasteiger partial charge in [0, 0.05) is 0 Å². The van der Waals surface area contributed by atoms with Crippen molar-refractivity contribution in [3.63, 3.8) is 0 Å². The van der Waals surface area contributed by atoms with E-state index in [1.165, 1.54) is 18.4 Å². The molecule has 0 saturated heterocycles. The Hall–Kier alpha value is -0.860. The fourth-order valence-electron chi connectivity index (χ4n) is 0.386. The second kappa shape index (κ2) is 1.94. The van der Waals surface area contributed by atoms with Gasteiger partial charge in [-0.2, -0.15) is 8.78 Å². The standard InChI is InChI=1S/C5H3F2O/c6-5(7)4-2-1-3-8-4/h1-3H. The summed E-state index contributed by atoms with van der Waals surface area (Å²) in [5, 5.41) is 0. The molecular formula is C5H3F2O. The molecule has 0 aliphatic carbocycles. The molecule has 0 aliphatic heterocycles. The van der Waals surface area contributed by atoms with Crippen molar-refractivity contribution in [2.45, 2.75) is 0 Å². The van der Waals surface area contributed by atoms with Gasteiger partial charge in [0.2, 0.25) is 0 Å². The number of halogens is 2. The van der Waals surface area contributed by atoms with Crippen LogP contribution in [-0.4, -0.2) is 0 Å². The lowest BCUT2D eigenvalue weighted by atomic mass is 10.5. The fourth-order valence-corrected chi connectivity index (χ4v) is 0.386. The highest BCUT2D eigenvalue weighted by molar-refractivity contribution is 5.08. The highest BCUT2D eigenvalue weighted by Gasteiger charge is 2.10. The molecule has 1 aromatic heterocycles. The van der Waals surface area contributed by atoms with Gasteiger partial charge in [0.15, 0.2) is 5.76 Å². The summed E-state index contributed by atoms with van der Waals surface area (Å²) >= 11 is 0. The van der Waals surface area contributed by atoms with E-state index in [9.17, 15) is 8.78 Å². The molecule has 43 valence electrons. The molecule has 0 aromatic carbocycles. The average Bonchev–Trinajstić information content (AvgIpc) is 2.12. The third-order valence-electron chi connectivity index (χ3n) is 0.707. The maximum absolute atomic E-state index is 11.4. The molecule has 1 heterocycles. The first-order valence-corrected chi connectivity index (χ1v) is 2.02. The molecule has 1 aromatic rings. The van der Waals surface area contributed by atoms with Crippen LogP contribution in [0.2, 0.25) is 0 Å². The lowest BCUT2D eigenvalue weighted by Gasteiger charge is -1.84. The summed E-state index contributed by atoms with van der Waals surface area (Å²) in [5.41, 5.74) is 0. The average molecular weight is 117 g/mol. The zero-order valence-electron chi connectivity index (χ0n) is 3.90. The minimum absolute atomic E-state index is 0.356. The summed E-state index contributed by atoms with van der Waals surface area (Å²) in [6.07, 6.45) is -0.580. The highest BCUT2D eigenvalue weighted by Crippen LogP contribution is 2.16. The monoisotopic (exact) mass is 117 g/mol. The second-order valence-electron chi connectivity index (χ2n) is 1.24. The van der Waals surface area contributed by atoms with E-state index in [0.717, 1.165) is 0 Å². The molecule has 8 heavy (non-hydrogen) atoms. The summed E-state index contributed by atoms with van der Waals surface area (Å²) in [6.45, 7) is 0. The van der Waals surface area contributed by atoms with E-state index in [-0.39, 0.29) is 5.76 Å². The van der Waals surface area contributed by atoms with Crippen LogP contribution in [0.15, 0.2) is 22.8 Å². The van der Waals surface area contributed by atoms with Crippen molar-refractivity contribution in [1.82, 2.24) is 0 Å². The van der Waals surface area contributed by atoms with Crippen molar-refractivity contribution >= 4 is 0 Å². The Morgan fingerprint density at radius 2 is 2.25 bits per heavy atom. The number of rotatable bonds is 1. The van der Waals surface area contributed by atoms with Crippen molar-refractivity contribution in [3.8, 4) is 0 Å². The van der Waals surface area contributed by atoms with E-state index < -0.39 is 6.43 Å². The van der Waals surface area contributed by atoms with Gasteiger partial charge in [0.25, 0.3) is 0 Å². The van der Waals surface area contributed by atoms with Crippen LogP contribution >= 0.6 is 0 Å². The van der Waals surface area contributed by atoms with Gasteiger partial charge in [-0.1, -0.05) is 0 Å². The van der Waals surface area contributed by atoms with Crippen molar-refractivity contribution in [1.29, 1.82) is 0 Å². The molecule has 0 bridgehead atoms. The number of furan rings is 1. The van der Waals surface area contributed by atoms with Crippen LogP contribution in [0, 0.1) is 6.43 Å². The summed E-state index contributed by atoms with van der Waals surface area (Å²) < 4.78 is 27.2. The Morgan fingerprint density at radius 3 is 2.50 bits per heavy atom. The predicted molar refractivity (Wildman–Crippen MR) is 23.3 cm³/mol. The largest absolute Gasteiger partial charge is 0.463 e. The van der Waals surface area contributed by atoms with Crippen molar-refractivity contribution < 1.29 is 13.2 Å². The number of hydrogen-bond acceptors (Lipinski definition) is 1. The second-order valence-corrected chi connectivity index (χ2v) is 1.24. The molecule has 1 rings (SSSR count). The van der Waals surface area contributed by atoms with Gasteiger partial charge in [0.1, 0.15) is 0 Å². The van der Waals surface area contributed by atoms with E-state index in [2.05, 4.69) is 4.42 Å². The fraction of sp³-hybridized carbons (Fsp3) is 0. The maximum atomic E-state index is 11.4. The molecule has 0 saturated carbocycles. The number of hydrogen-bond donors (Lipinski definition) is 0. The quantitative estimate of drug-likeness (QED) is 0.548. The van der Waals surface area contributed by atoms with Gasteiger partial charge in [-0.25, -0.2) is 0 Å². The zero-order valence-corrected chi connectivity index (χ0v) is 3.90. The summed E-state index contributed by atoms with van der Waals surface area (Å²) in [5.74, 6) is -0.356. The van der Waals surface area contributed by atoms with Crippen molar-refractivity contribution in [2.75, 3.05) is 0 Å². The van der Waals surface area contributed by atoms with Crippen LogP contribution in [0.25, 0.3) is 0 Å². The SMILES string of the molecule is F[C](F)c1ccco1. The minimum Gasteiger partial charge on any atom is -0.463 e. The molecule has 0 N–H and O–H groups in total. The normalized spacial score (nSPS) is 10.4. The van der Waals surface area contributed by atoms with Crippen molar-refractivity contribution in [3.05, 3.63) is 30.6 Å². The first kappa shape index (κ1) is 5.28. The van der Waals surface area contributed by atoms with Crippen LogP contribution < -0.4 is 0 Å². The van der Waals surface area contributed by atoms with Crippen molar-refractivity contribution in [2.24, 2.45) is 0 Å². The Bertz CT molecular complexity index is 145. The molecule has 1 nitrogen and oxygen atoms in total. The Morgan fingerprint density at radius 1 is 1.50 bits per heavy atom. The van der Waals surface area contributed by atoms with E-state index in [1.807, 2.05) is 0 Å². The van der Waals surface area contributed by atoms with Gasteiger partial charge in [-0.05, 0) is 12.1 Å². The van der Waals surface area contributed by atoms with E-state index in [0.29, 0.717) is 0 Å². The molecular weight excluding hydrogens is 114 g/mol. The molecule has 0 aliphatic rings. The van der Waals surface area contributed by atoms with Crippen LogP contribution in [0.1, 0.15) is 5.76 Å². The van der Waals surface area contributed by atoms with Crippen LogP contribution in [0.3, 0.4) is 0 Å². The predicted octanol–water partition coefficient (Wildman–Crippen LogP) is 2.06. The lowest BCUT2D eigenvalue weighted by molar-refractivity contribution is 0.283. The smallest absolute Gasteiger partial charge is 0.374 e. The first-order chi connectivity index (χ1) is 3.80. The molecule has 0 fully saturated rings. The molecule has 0 amide bonds. The summed E-state index contributed by atoms with van der Waals surface area (Å²) in [6, 6.07) is 2.61. The minimum atomic E-state index is -1.78. The zero-order chi connectivity index (χ0) is 5.98. The first-order valence-electron chi connectivity index (χ1n) is 2.02. The van der Waals surface area contributed by atoms with Crippen LogP contribution in [0.4, 0.5) is 8.78 Å². The Labute approximate surface area is 44.9 Å². The Kier molecular flexibility index (Phi) is 1.28. The summed E-state index contributed by atoms with van der Waals surface area (Å²) in [7, 11) is 0. The molecule has 1 radical (unpaired) electrons. The molecule has 0 atom stereocenters. The van der Waals surface area contributed by atoms with E-state index in [1.54, 1.807) is 0 Å².